The van der Waals surface area contributed by atoms with Crippen molar-refractivity contribution >= 4 is 17.7 Å². The molecule has 1 atom stereocenters. The second-order valence-corrected chi connectivity index (χ2v) is 6.81. The summed E-state index contributed by atoms with van der Waals surface area (Å²) in [6.45, 7) is 3.57. The normalized spacial score (nSPS) is 16.9. The Bertz CT molecular complexity index is 684. The van der Waals surface area contributed by atoms with E-state index in [1.54, 1.807) is 0 Å². The molecule has 24 heavy (non-hydrogen) atoms. The van der Waals surface area contributed by atoms with Crippen LogP contribution in [0.4, 0.5) is 0 Å². The zero-order valence-corrected chi connectivity index (χ0v) is 14.4. The average Bonchev–Trinajstić information content (AvgIpc) is 3.04. The summed E-state index contributed by atoms with van der Waals surface area (Å²) < 4.78 is 7.55. The molecule has 1 aliphatic heterocycles. The third kappa shape index (κ3) is 3.79. The fraction of sp³-hybridized carbons (Fsp3) is 0.471. The minimum absolute atomic E-state index is 0.0204. The lowest BCUT2D eigenvalue weighted by Crippen LogP contribution is -2.20. The molecule has 0 saturated carbocycles. The molecule has 3 rings (SSSR count). The van der Waals surface area contributed by atoms with Crippen molar-refractivity contribution in [1.82, 2.24) is 14.8 Å². The van der Waals surface area contributed by atoms with Gasteiger partial charge in [0.2, 0.25) is 0 Å². The fourth-order valence-electron chi connectivity index (χ4n) is 2.99. The lowest BCUT2D eigenvalue weighted by molar-refractivity contribution is -0.133. The molecule has 1 aromatic heterocycles. The number of benzene rings is 1. The van der Waals surface area contributed by atoms with Crippen molar-refractivity contribution in [2.24, 2.45) is 0 Å². The van der Waals surface area contributed by atoms with Crippen LogP contribution < -0.4 is 0 Å². The Labute approximate surface area is 145 Å². The van der Waals surface area contributed by atoms with Crippen molar-refractivity contribution in [3.05, 3.63) is 41.7 Å². The van der Waals surface area contributed by atoms with Crippen LogP contribution in [0.3, 0.4) is 0 Å². The molecule has 7 heteroatoms. The first kappa shape index (κ1) is 17.0. The van der Waals surface area contributed by atoms with Crippen LogP contribution in [0.15, 0.2) is 35.5 Å². The van der Waals surface area contributed by atoms with Gasteiger partial charge in [0.15, 0.2) is 5.16 Å². The molecule has 0 bridgehead atoms. The first-order chi connectivity index (χ1) is 11.7. The highest BCUT2D eigenvalue weighted by molar-refractivity contribution is 7.99. The van der Waals surface area contributed by atoms with Crippen molar-refractivity contribution in [3.8, 4) is 0 Å². The third-order valence-electron chi connectivity index (χ3n) is 4.27. The number of rotatable bonds is 6. The number of aliphatic carboxylic acids is 1. The Morgan fingerprint density at radius 3 is 2.71 bits per heavy atom. The molecule has 0 aliphatic carbocycles. The van der Waals surface area contributed by atoms with Crippen LogP contribution in [-0.2, 0) is 9.53 Å². The van der Waals surface area contributed by atoms with E-state index in [2.05, 4.69) is 33.8 Å². The van der Waals surface area contributed by atoms with E-state index in [0.717, 1.165) is 37.4 Å². The summed E-state index contributed by atoms with van der Waals surface area (Å²) in [5.41, 5.74) is 1.16. The summed E-state index contributed by atoms with van der Waals surface area (Å²) in [5, 5.41) is 18.3. The third-order valence-corrected chi connectivity index (χ3v) is 5.20. The van der Waals surface area contributed by atoms with Crippen molar-refractivity contribution in [2.45, 2.75) is 36.9 Å². The molecule has 2 aromatic rings. The van der Waals surface area contributed by atoms with Crippen molar-refractivity contribution in [1.29, 1.82) is 0 Å². The van der Waals surface area contributed by atoms with Gasteiger partial charge >= 0.3 is 5.97 Å². The minimum atomic E-state index is -0.852. The van der Waals surface area contributed by atoms with E-state index in [0.29, 0.717) is 11.1 Å². The zero-order valence-electron chi connectivity index (χ0n) is 13.6. The molecule has 1 saturated heterocycles. The van der Waals surface area contributed by atoms with Gasteiger partial charge in [0.1, 0.15) is 5.82 Å². The maximum atomic E-state index is 10.9. The number of hydrogen-bond acceptors (Lipinski definition) is 5. The summed E-state index contributed by atoms with van der Waals surface area (Å²) in [6, 6.07) is 10.2. The fourth-order valence-corrected chi connectivity index (χ4v) is 3.73. The highest BCUT2D eigenvalue weighted by Gasteiger charge is 2.27. The summed E-state index contributed by atoms with van der Waals surface area (Å²) in [7, 11) is 0. The monoisotopic (exact) mass is 347 g/mol. The van der Waals surface area contributed by atoms with Crippen LogP contribution in [0, 0.1) is 0 Å². The molecule has 1 aliphatic rings. The van der Waals surface area contributed by atoms with Gasteiger partial charge in [0, 0.05) is 19.1 Å². The second kappa shape index (κ2) is 7.81. The van der Waals surface area contributed by atoms with Gasteiger partial charge in [-0.1, -0.05) is 42.1 Å². The molecule has 1 N–H and O–H groups in total. The molecule has 0 amide bonds. The zero-order chi connectivity index (χ0) is 16.9. The summed E-state index contributed by atoms with van der Waals surface area (Å²) in [5.74, 6) is 0.363. The topological polar surface area (TPSA) is 77.2 Å². The molecular weight excluding hydrogens is 326 g/mol. The largest absolute Gasteiger partial charge is 0.481 e. The van der Waals surface area contributed by atoms with Gasteiger partial charge in [0.25, 0.3) is 0 Å². The van der Waals surface area contributed by atoms with Gasteiger partial charge in [-0.25, -0.2) is 0 Å². The molecule has 2 heterocycles. The maximum absolute atomic E-state index is 10.9. The molecule has 0 spiro atoms. The van der Waals surface area contributed by atoms with E-state index < -0.39 is 5.97 Å². The summed E-state index contributed by atoms with van der Waals surface area (Å²) in [4.78, 5) is 10.9. The lowest BCUT2D eigenvalue weighted by Gasteiger charge is -2.25. The molecule has 128 valence electrons. The Hall–Kier alpha value is -1.86. The number of carboxylic acid groups (broad SMARTS) is 1. The smallest absolute Gasteiger partial charge is 0.313 e. The van der Waals surface area contributed by atoms with Gasteiger partial charge in [-0.2, -0.15) is 0 Å². The van der Waals surface area contributed by atoms with Gasteiger partial charge in [-0.15, -0.1) is 10.2 Å². The SMILES string of the molecule is C[C@@H](c1ccccc1)n1c(SCC(=O)O)nnc1C1CCOCC1. The van der Waals surface area contributed by atoms with Gasteiger partial charge < -0.3 is 9.84 Å². The van der Waals surface area contributed by atoms with E-state index >= 15 is 0 Å². The Morgan fingerprint density at radius 1 is 1.33 bits per heavy atom. The number of aromatic nitrogens is 3. The Balaban J connectivity index is 1.95. The van der Waals surface area contributed by atoms with E-state index in [1.165, 1.54) is 11.8 Å². The predicted octanol–water partition coefficient (Wildman–Crippen LogP) is 2.96. The van der Waals surface area contributed by atoms with E-state index in [-0.39, 0.29) is 11.8 Å². The van der Waals surface area contributed by atoms with Crippen LogP contribution in [0.2, 0.25) is 0 Å². The molecule has 1 fully saturated rings. The first-order valence-corrected chi connectivity index (χ1v) is 9.07. The molecular formula is C17H21N3O3S. The standard InChI is InChI=1S/C17H21N3O3S/c1-12(13-5-3-2-4-6-13)20-16(14-7-9-23-10-8-14)18-19-17(20)24-11-15(21)22/h2-6,12,14H,7-11H2,1H3,(H,21,22)/t12-/m0/s1. The molecule has 0 radical (unpaired) electrons. The van der Waals surface area contributed by atoms with Crippen LogP contribution >= 0.6 is 11.8 Å². The van der Waals surface area contributed by atoms with E-state index in [1.807, 2.05) is 18.2 Å². The number of ether oxygens (including phenoxy) is 1. The summed E-state index contributed by atoms with van der Waals surface area (Å²) in [6.07, 6.45) is 1.84. The first-order valence-electron chi connectivity index (χ1n) is 8.09. The Kier molecular flexibility index (Phi) is 5.52. The van der Waals surface area contributed by atoms with Crippen molar-refractivity contribution in [3.63, 3.8) is 0 Å². The van der Waals surface area contributed by atoms with E-state index in [4.69, 9.17) is 9.84 Å². The quantitative estimate of drug-likeness (QED) is 0.810. The Morgan fingerprint density at radius 2 is 2.04 bits per heavy atom. The number of thioether (sulfide) groups is 1. The van der Waals surface area contributed by atoms with Gasteiger partial charge in [0.05, 0.1) is 11.8 Å². The van der Waals surface area contributed by atoms with Crippen LogP contribution in [0.25, 0.3) is 0 Å². The summed E-state index contributed by atoms with van der Waals surface area (Å²) >= 11 is 1.22. The predicted molar refractivity (Wildman–Crippen MR) is 91.4 cm³/mol. The van der Waals surface area contributed by atoms with E-state index in [9.17, 15) is 4.79 Å². The van der Waals surface area contributed by atoms with Crippen LogP contribution in [0.5, 0.6) is 0 Å². The maximum Gasteiger partial charge on any atom is 0.313 e. The van der Waals surface area contributed by atoms with Crippen molar-refractivity contribution < 1.29 is 14.6 Å². The average molecular weight is 347 g/mol. The number of hydrogen-bond donors (Lipinski definition) is 1. The molecule has 6 nitrogen and oxygen atoms in total. The molecule has 1 aromatic carbocycles. The number of carboxylic acids is 1. The number of nitrogens with zero attached hydrogens (tertiary/aromatic N) is 3. The molecule has 0 unspecified atom stereocenters. The van der Waals surface area contributed by atoms with Gasteiger partial charge in [-0.3, -0.25) is 9.36 Å². The number of carbonyl (C=O) groups is 1. The van der Waals surface area contributed by atoms with Crippen LogP contribution in [-0.4, -0.2) is 44.8 Å². The highest BCUT2D eigenvalue weighted by Crippen LogP contribution is 2.33. The van der Waals surface area contributed by atoms with Crippen molar-refractivity contribution in [2.75, 3.05) is 19.0 Å². The van der Waals surface area contributed by atoms with Gasteiger partial charge in [-0.05, 0) is 25.3 Å². The van der Waals surface area contributed by atoms with Crippen LogP contribution in [0.1, 0.15) is 43.1 Å². The highest BCUT2D eigenvalue weighted by atomic mass is 32.2. The minimum Gasteiger partial charge on any atom is -0.481 e. The lowest BCUT2D eigenvalue weighted by atomic mass is 9.98. The second-order valence-electron chi connectivity index (χ2n) is 5.87.